The van der Waals surface area contributed by atoms with Crippen LogP contribution in [0.5, 0.6) is 0 Å². The van der Waals surface area contributed by atoms with Gasteiger partial charge in [-0.15, -0.1) is 11.8 Å². The molecule has 0 atom stereocenters. The van der Waals surface area contributed by atoms with E-state index < -0.39 is 0 Å². The van der Waals surface area contributed by atoms with Gasteiger partial charge in [0.05, 0.1) is 0 Å². The quantitative estimate of drug-likeness (QED) is 0.655. The molecule has 0 aliphatic rings. The van der Waals surface area contributed by atoms with Gasteiger partial charge in [0.25, 0.3) is 0 Å². The van der Waals surface area contributed by atoms with Crippen molar-refractivity contribution in [2.45, 2.75) is 19.9 Å². The smallest absolute Gasteiger partial charge is 0.128 e. The lowest BCUT2D eigenvalue weighted by Gasteiger charge is -2.04. The second-order valence-corrected chi connectivity index (χ2v) is 4.00. The van der Waals surface area contributed by atoms with Crippen LogP contribution in [-0.4, -0.2) is 6.54 Å². The third-order valence-corrected chi connectivity index (χ3v) is 2.43. The van der Waals surface area contributed by atoms with Gasteiger partial charge in [-0.1, -0.05) is 22.0 Å². The third kappa shape index (κ3) is 4.46. The van der Waals surface area contributed by atoms with Gasteiger partial charge in [-0.05, 0) is 19.1 Å². The molecular formula is C12H13BrFN. The second kappa shape index (κ2) is 6.60. The van der Waals surface area contributed by atoms with Crippen molar-refractivity contribution in [1.82, 2.24) is 5.32 Å². The molecule has 0 bridgehead atoms. The fourth-order valence-corrected chi connectivity index (χ4v) is 1.50. The van der Waals surface area contributed by atoms with Gasteiger partial charge in [0.2, 0.25) is 0 Å². The molecular weight excluding hydrogens is 257 g/mol. The summed E-state index contributed by atoms with van der Waals surface area (Å²) >= 11 is 3.22. The van der Waals surface area contributed by atoms with Crippen LogP contribution in [0.25, 0.3) is 0 Å². The number of nitrogens with one attached hydrogen (secondary N) is 1. The zero-order chi connectivity index (χ0) is 11.1. The van der Waals surface area contributed by atoms with Crippen molar-refractivity contribution < 1.29 is 4.39 Å². The molecule has 0 amide bonds. The first-order valence-corrected chi connectivity index (χ1v) is 5.57. The Labute approximate surface area is 98.2 Å². The average molecular weight is 270 g/mol. The molecule has 0 aromatic heterocycles. The Morgan fingerprint density at radius 1 is 1.47 bits per heavy atom. The summed E-state index contributed by atoms with van der Waals surface area (Å²) in [6.07, 6.45) is 0.800. The van der Waals surface area contributed by atoms with Gasteiger partial charge in [0, 0.05) is 29.5 Å². The highest BCUT2D eigenvalue weighted by molar-refractivity contribution is 9.10. The van der Waals surface area contributed by atoms with E-state index in [0.717, 1.165) is 17.4 Å². The van der Waals surface area contributed by atoms with Gasteiger partial charge < -0.3 is 5.32 Å². The van der Waals surface area contributed by atoms with Gasteiger partial charge in [-0.3, -0.25) is 0 Å². The monoisotopic (exact) mass is 269 g/mol. The van der Waals surface area contributed by atoms with E-state index in [1.165, 1.54) is 6.07 Å². The van der Waals surface area contributed by atoms with E-state index in [-0.39, 0.29) is 5.82 Å². The lowest BCUT2D eigenvalue weighted by Crippen LogP contribution is -2.15. The van der Waals surface area contributed by atoms with Gasteiger partial charge in [-0.2, -0.15) is 0 Å². The predicted octanol–water partition coefficient (Wildman–Crippen LogP) is 3.09. The van der Waals surface area contributed by atoms with Crippen LogP contribution in [-0.2, 0) is 6.54 Å². The lowest BCUT2D eigenvalue weighted by molar-refractivity contribution is 0.589. The summed E-state index contributed by atoms with van der Waals surface area (Å²) in [7, 11) is 0. The van der Waals surface area contributed by atoms with Crippen molar-refractivity contribution in [3.05, 3.63) is 34.1 Å². The molecule has 1 nitrogen and oxygen atoms in total. The third-order valence-electron chi connectivity index (χ3n) is 1.93. The van der Waals surface area contributed by atoms with Gasteiger partial charge in [0.1, 0.15) is 5.82 Å². The maximum atomic E-state index is 13.3. The summed E-state index contributed by atoms with van der Waals surface area (Å²) < 4.78 is 14.1. The molecule has 0 unspecified atom stereocenters. The topological polar surface area (TPSA) is 12.0 Å². The predicted molar refractivity (Wildman–Crippen MR) is 63.9 cm³/mol. The molecule has 0 aliphatic carbocycles. The first kappa shape index (κ1) is 12.2. The van der Waals surface area contributed by atoms with E-state index in [1.807, 2.05) is 13.0 Å². The summed E-state index contributed by atoms with van der Waals surface area (Å²) in [5.74, 6) is 5.58. The Kier molecular flexibility index (Phi) is 5.38. The molecule has 0 saturated heterocycles. The van der Waals surface area contributed by atoms with E-state index in [1.54, 1.807) is 6.07 Å². The molecule has 0 radical (unpaired) electrons. The van der Waals surface area contributed by atoms with E-state index in [0.29, 0.717) is 12.1 Å². The average Bonchev–Trinajstić information content (AvgIpc) is 2.20. The van der Waals surface area contributed by atoms with E-state index in [2.05, 4.69) is 33.1 Å². The SMILES string of the molecule is CC#CCCNCc1ccc(Br)cc1F. The zero-order valence-corrected chi connectivity index (χ0v) is 10.2. The molecule has 80 valence electrons. The highest BCUT2D eigenvalue weighted by atomic mass is 79.9. The molecule has 0 fully saturated rings. The molecule has 1 aromatic carbocycles. The standard InChI is InChI=1S/C12H13BrFN/c1-2-3-4-7-15-9-10-5-6-11(13)8-12(10)14/h5-6,8,15H,4,7,9H2,1H3. The van der Waals surface area contributed by atoms with Crippen molar-refractivity contribution >= 4 is 15.9 Å². The van der Waals surface area contributed by atoms with Crippen LogP contribution in [0.4, 0.5) is 4.39 Å². The van der Waals surface area contributed by atoms with Crippen molar-refractivity contribution in [2.75, 3.05) is 6.54 Å². The van der Waals surface area contributed by atoms with Gasteiger partial charge in [0.15, 0.2) is 0 Å². The summed E-state index contributed by atoms with van der Waals surface area (Å²) in [4.78, 5) is 0. The highest BCUT2D eigenvalue weighted by Crippen LogP contribution is 2.14. The normalized spacial score (nSPS) is 9.53. The molecule has 0 spiro atoms. The van der Waals surface area contributed by atoms with Crippen LogP contribution in [0.15, 0.2) is 22.7 Å². The Hall–Kier alpha value is -0.850. The molecule has 1 N–H and O–H groups in total. The Morgan fingerprint density at radius 2 is 2.27 bits per heavy atom. The number of benzene rings is 1. The minimum Gasteiger partial charge on any atom is -0.312 e. The molecule has 15 heavy (non-hydrogen) atoms. The molecule has 0 aliphatic heterocycles. The van der Waals surface area contributed by atoms with Crippen molar-refractivity contribution in [2.24, 2.45) is 0 Å². The molecule has 0 heterocycles. The summed E-state index contributed by atoms with van der Waals surface area (Å²) in [6.45, 7) is 3.15. The number of hydrogen-bond acceptors (Lipinski definition) is 1. The Morgan fingerprint density at radius 3 is 2.93 bits per heavy atom. The maximum Gasteiger partial charge on any atom is 0.128 e. The van der Waals surface area contributed by atoms with Crippen molar-refractivity contribution in [3.8, 4) is 11.8 Å². The van der Waals surface area contributed by atoms with Crippen molar-refractivity contribution in [3.63, 3.8) is 0 Å². The fourth-order valence-electron chi connectivity index (χ4n) is 1.16. The highest BCUT2D eigenvalue weighted by Gasteiger charge is 2.01. The zero-order valence-electron chi connectivity index (χ0n) is 8.61. The summed E-state index contributed by atoms with van der Waals surface area (Å²) in [5.41, 5.74) is 0.683. The van der Waals surface area contributed by atoms with Gasteiger partial charge >= 0.3 is 0 Å². The largest absolute Gasteiger partial charge is 0.312 e. The second-order valence-electron chi connectivity index (χ2n) is 3.09. The maximum absolute atomic E-state index is 13.3. The molecule has 1 aromatic rings. The number of hydrogen-bond donors (Lipinski definition) is 1. The van der Waals surface area contributed by atoms with Crippen LogP contribution >= 0.6 is 15.9 Å². The molecule has 1 rings (SSSR count). The fraction of sp³-hybridized carbons (Fsp3) is 0.333. The lowest BCUT2D eigenvalue weighted by atomic mass is 10.2. The molecule has 3 heteroatoms. The first-order chi connectivity index (χ1) is 7.24. The number of rotatable bonds is 4. The van der Waals surface area contributed by atoms with E-state index >= 15 is 0 Å². The first-order valence-electron chi connectivity index (χ1n) is 4.78. The van der Waals surface area contributed by atoms with Crippen LogP contribution in [0.1, 0.15) is 18.9 Å². The van der Waals surface area contributed by atoms with Crippen LogP contribution in [0, 0.1) is 17.7 Å². The summed E-state index contributed by atoms with van der Waals surface area (Å²) in [6, 6.07) is 5.09. The Balaban J connectivity index is 2.39. The van der Waals surface area contributed by atoms with E-state index in [4.69, 9.17) is 0 Å². The minimum absolute atomic E-state index is 0.182. The minimum atomic E-state index is -0.182. The van der Waals surface area contributed by atoms with E-state index in [9.17, 15) is 4.39 Å². The van der Waals surface area contributed by atoms with Crippen LogP contribution in [0.2, 0.25) is 0 Å². The van der Waals surface area contributed by atoms with Crippen LogP contribution < -0.4 is 5.32 Å². The van der Waals surface area contributed by atoms with Gasteiger partial charge in [-0.25, -0.2) is 4.39 Å². The summed E-state index contributed by atoms with van der Waals surface area (Å²) in [5, 5.41) is 3.14. The number of halogens is 2. The Bertz CT molecular complexity index is 379. The molecule has 0 saturated carbocycles. The van der Waals surface area contributed by atoms with Crippen LogP contribution in [0.3, 0.4) is 0 Å². The van der Waals surface area contributed by atoms with Crippen molar-refractivity contribution in [1.29, 1.82) is 0 Å².